The zero-order valence-corrected chi connectivity index (χ0v) is 21.8. The molecule has 0 radical (unpaired) electrons. The van der Waals surface area contributed by atoms with E-state index in [-0.39, 0.29) is 35.3 Å². The third-order valence-corrected chi connectivity index (χ3v) is 6.56. The minimum atomic E-state index is -0.570. The first kappa shape index (κ1) is 25.9. The summed E-state index contributed by atoms with van der Waals surface area (Å²) in [6, 6.07) is 10.2. The summed E-state index contributed by atoms with van der Waals surface area (Å²) in [5, 5.41) is 10.3. The minimum Gasteiger partial charge on any atom is -0.350 e. The maximum atomic E-state index is 13.5. The number of benzene rings is 2. The van der Waals surface area contributed by atoms with Crippen LogP contribution in [0.2, 0.25) is 0 Å². The van der Waals surface area contributed by atoms with Crippen molar-refractivity contribution in [2.75, 3.05) is 5.32 Å². The highest BCUT2D eigenvalue weighted by Crippen LogP contribution is 2.16. The van der Waals surface area contributed by atoms with E-state index < -0.39 is 11.6 Å². The van der Waals surface area contributed by atoms with Gasteiger partial charge in [0.25, 0.3) is 11.5 Å². The molecular weight excluding hydrogens is 472 g/mol. The molecule has 37 heavy (non-hydrogen) atoms. The average molecular weight is 505 g/mol. The van der Waals surface area contributed by atoms with Gasteiger partial charge in [0, 0.05) is 23.8 Å². The number of fused-ring (bicyclic) bond motifs is 3. The van der Waals surface area contributed by atoms with Crippen molar-refractivity contribution < 1.29 is 9.59 Å². The zero-order valence-electron chi connectivity index (χ0n) is 21.8. The third-order valence-electron chi connectivity index (χ3n) is 6.56. The molecule has 0 aliphatic heterocycles. The Morgan fingerprint density at radius 1 is 1.03 bits per heavy atom. The second-order valence-corrected chi connectivity index (χ2v) is 9.39. The quantitative estimate of drug-likeness (QED) is 0.382. The molecule has 10 nitrogen and oxygen atoms in total. The molecule has 2 aromatic carbocycles. The van der Waals surface area contributed by atoms with Gasteiger partial charge in [0.1, 0.15) is 6.54 Å². The number of anilines is 1. The highest BCUT2D eigenvalue weighted by atomic mass is 16.2. The van der Waals surface area contributed by atoms with E-state index in [1.165, 1.54) is 15.0 Å². The van der Waals surface area contributed by atoms with Crippen LogP contribution >= 0.6 is 0 Å². The molecule has 0 spiro atoms. The lowest BCUT2D eigenvalue weighted by atomic mass is 10.1. The van der Waals surface area contributed by atoms with Gasteiger partial charge < -0.3 is 10.6 Å². The highest BCUT2D eigenvalue weighted by Gasteiger charge is 2.20. The minimum absolute atomic E-state index is 0.0259. The van der Waals surface area contributed by atoms with Gasteiger partial charge in [-0.15, -0.1) is 5.10 Å². The number of amides is 2. The number of hydrogen-bond donors (Lipinski definition) is 2. The van der Waals surface area contributed by atoms with E-state index >= 15 is 0 Å². The largest absolute Gasteiger partial charge is 0.352 e. The van der Waals surface area contributed by atoms with Gasteiger partial charge in [-0.25, -0.2) is 13.9 Å². The maximum Gasteiger partial charge on any atom is 0.352 e. The van der Waals surface area contributed by atoms with Crippen molar-refractivity contribution in [1.82, 2.24) is 24.1 Å². The topological polar surface area (TPSA) is 120 Å². The Hall–Kier alpha value is -4.21. The number of nitrogens with zero attached hydrogens (tertiary/aromatic N) is 4. The number of aromatic nitrogens is 4. The summed E-state index contributed by atoms with van der Waals surface area (Å²) in [6.45, 7) is 9.74. The molecule has 0 aliphatic carbocycles. The molecule has 2 N–H and O–H groups in total. The van der Waals surface area contributed by atoms with Crippen molar-refractivity contribution in [3.8, 4) is 0 Å². The summed E-state index contributed by atoms with van der Waals surface area (Å²) in [5.41, 5.74) is 2.48. The average Bonchev–Trinajstić information content (AvgIpc) is 3.19. The normalized spacial score (nSPS) is 12.1. The molecule has 10 heteroatoms. The summed E-state index contributed by atoms with van der Waals surface area (Å²) in [4.78, 5) is 52.3. The smallest absolute Gasteiger partial charge is 0.350 e. The Balaban J connectivity index is 1.80. The van der Waals surface area contributed by atoms with E-state index in [4.69, 9.17) is 0 Å². The fourth-order valence-electron chi connectivity index (χ4n) is 4.15. The Morgan fingerprint density at radius 2 is 1.78 bits per heavy atom. The lowest BCUT2D eigenvalue weighted by Gasteiger charge is -2.13. The van der Waals surface area contributed by atoms with Gasteiger partial charge in [-0.3, -0.25) is 19.0 Å². The van der Waals surface area contributed by atoms with E-state index in [1.54, 1.807) is 18.2 Å². The van der Waals surface area contributed by atoms with Gasteiger partial charge in [-0.2, -0.15) is 0 Å². The van der Waals surface area contributed by atoms with Crippen molar-refractivity contribution in [3.05, 3.63) is 73.9 Å². The van der Waals surface area contributed by atoms with Crippen LogP contribution in [0.5, 0.6) is 0 Å². The van der Waals surface area contributed by atoms with E-state index in [1.807, 2.05) is 46.8 Å². The molecule has 1 unspecified atom stereocenters. The van der Waals surface area contributed by atoms with Crippen LogP contribution in [0.25, 0.3) is 16.7 Å². The van der Waals surface area contributed by atoms with Crippen LogP contribution in [0.4, 0.5) is 5.69 Å². The van der Waals surface area contributed by atoms with Crippen molar-refractivity contribution in [2.45, 2.75) is 66.6 Å². The van der Waals surface area contributed by atoms with Crippen LogP contribution in [0.3, 0.4) is 0 Å². The lowest BCUT2D eigenvalue weighted by Crippen LogP contribution is -2.32. The van der Waals surface area contributed by atoms with Crippen molar-refractivity contribution in [2.24, 2.45) is 0 Å². The monoisotopic (exact) mass is 504 g/mol. The van der Waals surface area contributed by atoms with Gasteiger partial charge in [-0.1, -0.05) is 19.9 Å². The SMILES string of the molecule is CCCn1c(=O)c2ccc(C(=O)NC(C)CC)cc2n2c(=O)n(CC(=O)Nc3ccc(C)c(C)c3)nc12. The molecule has 1 atom stereocenters. The van der Waals surface area contributed by atoms with Gasteiger partial charge in [0.15, 0.2) is 0 Å². The van der Waals surface area contributed by atoms with Crippen LogP contribution < -0.4 is 21.9 Å². The zero-order chi connectivity index (χ0) is 26.9. The van der Waals surface area contributed by atoms with Crippen LogP contribution in [-0.2, 0) is 17.9 Å². The molecule has 2 aromatic heterocycles. The summed E-state index contributed by atoms with van der Waals surface area (Å²) in [7, 11) is 0. The van der Waals surface area contributed by atoms with E-state index in [2.05, 4.69) is 15.7 Å². The number of aryl methyl sites for hydroxylation is 3. The molecule has 4 rings (SSSR count). The van der Waals surface area contributed by atoms with E-state index in [0.717, 1.165) is 22.2 Å². The number of carbonyl (C=O) groups excluding carboxylic acids is 2. The van der Waals surface area contributed by atoms with Crippen molar-refractivity contribution in [1.29, 1.82) is 0 Å². The molecule has 2 amide bonds. The maximum absolute atomic E-state index is 13.5. The third kappa shape index (κ3) is 5.04. The molecule has 194 valence electrons. The van der Waals surface area contributed by atoms with Gasteiger partial charge in [0.2, 0.25) is 11.7 Å². The van der Waals surface area contributed by atoms with Gasteiger partial charge in [0.05, 0.1) is 10.9 Å². The van der Waals surface area contributed by atoms with Crippen LogP contribution in [0.1, 0.15) is 55.1 Å². The molecule has 4 aromatic rings. The molecule has 0 saturated carbocycles. The number of hydrogen-bond acceptors (Lipinski definition) is 5. The van der Waals surface area contributed by atoms with Crippen molar-refractivity contribution >= 4 is 34.2 Å². The fourth-order valence-corrected chi connectivity index (χ4v) is 4.15. The predicted octanol–water partition coefficient (Wildman–Crippen LogP) is 3.00. The fraction of sp³-hybridized carbons (Fsp3) is 0.370. The summed E-state index contributed by atoms with van der Waals surface area (Å²) in [5.74, 6) is -0.589. The molecule has 0 bridgehead atoms. The first-order valence-electron chi connectivity index (χ1n) is 12.5. The van der Waals surface area contributed by atoms with E-state index in [0.29, 0.717) is 29.6 Å². The first-order valence-corrected chi connectivity index (χ1v) is 12.5. The van der Waals surface area contributed by atoms with E-state index in [9.17, 15) is 19.2 Å². The Bertz CT molecular complexity index is 1630. The standard InChI is InChI=1S/C27H32N6O4/c1-6-12-31-25(36)21-11-9-19(24(35)28-18(5)7-2)14-22(21)33-26(31)30-32(27(33)37)15-23(34)29-20-10-8-16(3)17(4)13-20/h8-11,13-14,18H,6-7,12,15H2,1-5H3,(H,28,35)(H,29,34). The Kier molecular flexibility index (Phi) is 7.28. The second-order valence-electron chi connectivity index (χ2n) is 9.39. The first-order chi connectivity index (χ1) is 17.6. The summed E-state index contributed by atoms with van der Waals surface area (Å²) < 4.78 is 3.78. The van der Waals surface area contributed by atoms with Crippen LogP contribution in [-0.4, -0.2) is 36.6 Å². The highest BCUT2D eigenvalue weighted by molar-refractivity contribution is 5.98. The molecule has 0 aliphatic rings. The van der Waals surface area contributed by atoms with Gasteiger partial charge >= 0.3 is 5.69 Å². The molecule has 2 heterocycles. The molecule has 0 saturated heterocycles. The summed E-state index contributed by atoms with van der Waals surface area (Å²) >= 11 is 0. The number of carbonyl (C=O) groups is 2. The predicted molar refractivity (Wildman–Crippen MR) is 143 cm³/mol. The summed E-state index contributed by atoms with van der Waals surface area (Å²) in [6.07, 6.45) is 1.41. The van der Waals surface area contributed by atoms with Gasteiger partial charge in [-0.05, 0) is 75.1 Å². The van der Waals surface area contributed by atoms with Crippen molar-refractivity contribution in [3.63, 3.8) is 0 Å². The van der Waals surface area contributed by atoms with Crippen LogP contribution in [0, 0.1) is 13.8 Å². The molecular formula is C27H32N6O4. The molecule has 0 fully saturated rings. The number of rotatable bonds is 8. The lowest BCUT2D eigenvalue weighted by molar-refractivity contribution is -0.117. The second kappa shape index (κ2) is 10.4. The Morgan fingerprint density at radius 3 is 2.46 bits per heavy atom. The van der Waals surface area contributed by atoms with Crippen LogP contribution in [0.15, 0.2) is 46.0 Å². The Labute approximate surface area is 213 Å². The number of nitrogens with one attached hydrogen (secondary N) is 2.